The number of nitrogens with zero attached hydrogens (tertiary/aromatic N) is 1. The summed E-state index contributed by atoms with van der Waals surface area (Å²) in [5, 5.41) is 3.24. The largest absolute Gasteiger partial charge is 0.356 e. The van der Waals surface area contributed by atoms with Crippen LogP contribution in [0.3, 0.4) is 0 Å². The van der Waals surface area contributed by atoms with E-state index in [4.69, 9.17) is 11.6 Å². The fourth-order valence-electron chi connectivity index (χ4n) is 5.81. The molecule has 0 radical (unpaired) electrons. The van der Waals surface area contributed by atoms with E-state index in [1.165, 1.54) is 135 Å². The summed E-state index contributed by atoms with van der Waals surface area (Å²) >= 11 is 6.04. The molecule has 35 heavy (non-hydrogen) atoms. The average Bonchev–Trinajstić information content (AvgIpc) is 3.39. The lowest BCUT2D eigenvalue weighted by Gasteiger charge is -2.28. The van der Waals surface area contributed by atoms with Gasteiger partial charge in [0, 0.05) is 31.4 Å². The fourth-order valence-corrected chi connectivity index (χ4v) is 6.03. The Balaban J connectivity index is 2.20. The lowest BCUT2D eigenvalue weighted by molar-refractivity contribution is -0.122. The number of hydrogen-bond acceptors (Lipinski definition) is 2. The standard InChI is InChI=1S/C31H61ClN2O/c1-3-5-7-9-11-14-20-29(21-15-12-10-8-6-4-2)28-31(35)33-25-18-13-19-26-34(27-24-32)30-22-16-17-23-30/h29-30H,3-28H2,1-2H3,(H,33,35). The Morgan fingerprint density at radius 2 is 1.31 bits per heavy atom. The first-order valence-electron chi connectivity index (χ1n) is 15.8. The van der Waals surface area contributed by atoms with Gasteiger partial charge in [-0.1, -0.05) is 110 Å². The maximum absolute atomic E-state index is 12.7. The average molecular weight is 513 g/mol. The van der Waals surface area contributed by atoms with Crippen molar-refractivity contribution < 1.29 is 4.79 Å². The summed E-state index contributed by atoms with van der Waals surface area (Å²) in [7, 11) is 0. The zero-order valence-electron chi connectivity index (χ0n) is 23.8. The molecule has 1 saturated carbocycles. The van der Waals surface area contributed by atoms with E-state index in [1.54, 1.807) is 0 Å². The Kier molecular flexibility index (Phi) is 22.5. The van der Waals surface area contributed by atoms with Crippen molar-refractivity contribution in [1.82, 2.24) is 10.2 Å². The second-order valence-corrected chi connectivity index (χ2v) is 11.6. The second-order valence-electron chi connectivity index (χ2n) is 11.3. The molecule has 4 heteroatoms. The molecular weight excluding hydrogens is 452 g/mol. The van der Waals surface area contributed by atoms with Crippen LogP contribution in [0.15, 0.2) is 0 Å². The highest BCUT2D eigenvalue weighted by atomic mass is 35.5. The van der Waals surface area contributed by atoms with Gasteiger partial charge in [-0.3, -0.25) is 9.69 Å². The molecule has 1 aliphatic rings. The van der Waals surface area contributed by atoms with E-state index in [-0.39, 0.29) is 0 Å². The van der Waals surface area contributed by atoms with Crippen molar-refractivity contribution in [3.63, 3.8) is 0 Å². The van der Waals surface area contributed by atoms with Crippen molar-refractivity contribution in [3.8, 4) is 0 Å². The van der Waals surface area contributed by atoms with Crippen LogP contribution in [0.5, 0.6) is 0 Å². The third-order valence-corrected chi connectivity index (χ3v) is 8.23. The summed E-state index contributed by atoms with van der Waals surface area (Å²) in [6.07, 6.45) is 28.4. The van der Waals surface area contributed by atoms with Gasteiger partial charge in [-0.25, -0.2) is 0 Å². The molecule has 0 aromatic rings. The Bertz CT molecular complexity index is 451. The van der Waals surface area contributed by atoms with E-state index in [2.05, 4.69) is 24.1 Å². The third kappa shape index (κ3) is 18.6. The van der Waals surface area contributed by atoms with Gasteiger partial charge >= 0.3 is 0 Å². The maximum atomic E-state index is 12.7. The summed E-state index contributed by atoms with van der Waals surface area (Å²) in [6, 6.07) is 0.767. The molecular formula is C31H61ClN2O. The Labute approximate surface area is 224 Å². The Hall–Kier alpha value is -0.280. The number of nitrogens with one attached hydrogen (secondary N) is 1. The van der Waals surface area contributed by atoms with Crippen molar-refractivity contribution >= 4 is 17.5 Å². The van der Waals surface area contributed by atoms with Gasteiger partial charge in [0.05, 0.1) is 0 Å². The zero-order chi connectivity index (χ0) is 25.4. The van der Waals surface area contributed by atoms with Crippen molar-refractivity contribution in [2.45, 2.75) is 161 Å². The summed E-state index contributed by atoms with van der Waals surface area (Å²) < 4.78 is 0. The Morgan fingerprint density at radius 3 is 1.89 bits per heavy atom. The highest BCUT2D eigenvalue weighted by molar-refractivity contribution is 6.18. The minimum absolute atomic E-state index is 0.293. The number of carbonyl (C=O) groups excluding carboxylic acids is 1. The van der Waals surface area contributed by atoms with Gasteiger partial charge in [0.2, 0.25) is 5.91 Å². The molecule has 0 bridgehead atoms. The zero-order valence-corrected chi connectivity index (χ0v) is 24.5. The van der Waals surface area contributed by atoms with E-state index in [1.807, 2.05) is 0 Å². The van der Waals surface area contributed by atoms with Crippen LogP contribution >= 0.6 is 11.6 Å². The molecule has 0 saturated heterocycles. The number of hydrogen-bond donors (Lipinski definition) is 1. The van der Waals surface area contributed by atoms with E-state index in [0.29, 0.717) is 11.8 Å². The van der Waals surface area contributed by atoms with Gasteiger partial charge < -0.3 is 5.32 Å². The molecule has 0 heterocycles. The third-order valence-electron chi connectivity index (χ3n) is 8.06. The molecule has 1 N–H and O–H groups in total. The molecule has 1 rings (SSSR count). The molecule has 208 valence electrons. The summed E-state index contributed by atoms with van der Waals surface area (Å²) in [4.78, 5) is 15.3. The van der Waals surface area contributed by atoms with Gasteiger partial charge in [0.1, 0.15) is 0 Å². The predicted molar refractivity (Wildman–Crippen MR) is 156 cm³/mol. The Morgan fingerprint density at radius 1 is 0.771 bits per heavy atom. The topological polar surface area (TPSA) is 32.3 Å². The predicted octanol–water partition coefficient (Wildman–Crippen LogP) is 9.26. The van der Waals surface area contributed by atoms with Crippen molar-refractivity contribution in [1.29, 1.82) is 0 Å². The number of halogens is 1. The van der Waals surface area contributed by atoms with Crippen LogP contribution in [0.1, 0.15) is 155 Å². The molecule has 0 aromatic carbocycles. The molecule has 0 atom stereocenters. The first-order chi connectivity index (χ1) is 17.2. The normalized spacial score (nSPS) is 14.4. The van der Waals surface area contributed by atoms with E-state index in [0.717, 1.165) is 37.9 Å². The summed E-state index contributed by atoms with van der Waals surface area (Å²) in [5.41, 5.74) is 0. The minimum Gasteiger partial charge on any atom is -0.356 e. The number of alkyl halides is 1. The highest BCUT2D eigenvalue weighted by Crippen LogP contribution is 2.24. The monoisotopic (exact) mass is 512 g/mol. The molecule has 0 spiro atoms. The fraction of sp³-hybridized carbons (Fsp3) is 0.968. The van der Waals surface area contributed by atoms with Gasteiger partial charge in [-0.15, -0.1) is 11.6 Å². The maximum Gasteiger partial charge on any atom is 0.220 e. The van der Waals surface area contributed by atoms with Crippen LogP contribution < -0.4 is 5.32 Å². The summed E-state index contributed by atoms with van der Waals surface area (Å²) in [6.45, 7) is 7.60. The highest BCUT2D eigenvalue weighted by Gasteiger charge is 2.21. The van der Waals surface area contributed by atoms with Crippen LogP contribution in [-0.4, -0.2) is 42.4 Å². The number of unbranched alkanes of at least 4 members (excludes halogenated alkanes) is 12. The van der Waals surface area contributed by atoms with Crippen molar-refractivity contribution in [3.05, 3.63) is 0 Å². The number of carbonyl (C=O) groups is 1. The lowest BCUT2D eigenvalue weighted by atomic mass is 9.91. The first kappa shape index (κ1) is 32.7. The van der Waals surface area contributed by atoms with Crippen molar-refractivity contribution in [2.24, 2.45) is 5.92 Å². The van der Waals surface area contributed by atoms with Crippen molar-refractivity contribution in [2.75, 3.05) is 25.5 Å². The quantitative estimate of drug-likeness (QED) is 0.0975. The van der Waals surface area contributed by atoms with E-state index >= 15 is 0 Å². The molecule has 0 aliphatic heterocycles. The first-order valence-corrected chi connectivity index (χ1v) is 16.3. The molecule has 1 amide bonds. The van der Waals surface area contributed by atoms with Gasteiger partial charge in [0.25, 0.3) is 0 Å². The molecule has 0 unspecified atom stereocenters. The molecule has 0 aromatic heterocycles. The number of rotatable bonds is 25. The second kappa shape index (κ2) is 24.1. The van der Waals surface area contributed by atoms with E-state index in [9.17, 15) is 4.79 Å². The summed E-state index contributed by atoms with van der Waals surface area (Å²) in [5.74, 6) is 1.62. The number of amides is 1. The van der Waals surface area contributed by atoms with E-state index < -0.39 is 0 Å². The van der Waals surface area contributed by atoms with Crippen LogP contribution in [0.25, 0.3) is 0 Å². The van der Waals surface area contributed by atoms with Crippen LogP contribution in [-0.2, 0) is 4.79 Å². The van der Waals surface area contributed by atoms with Crippen LogP contribution in [0, 0.1) is 5.92 Å². The smallest absolute Gasteiger partial charge is 0.220 e. The molecule has 3 nitrogen and oxygen atoms in total. The van der Waals surface area contributed by atoms with Gasteiger partial charge in [-0.05, 0) is 51.0 Å². The van der Waals surface area contributed by atoms with Crippen LogP contribution in [0.4, 0.5) is 0 Å². The SMILES string of the molecule is CCCCCCCCC(CCCCCCCC)CC(=O)NCCCCCN(CCCl)C1CCCC1. The minimum atomic E-state index is 0.293. The van der Waals surface area contributed by atoms with Gasteiger partial charge in [0.15, 0.2) is 0 Å². The van der Waals surface area contributed by atoms with Crippen LogP contribution in [0.2, 0.25) is 0 Å². The van der Waals surface area contributed by atoms with Gasteiger partial charge in [-0.2, -0.15) is 0 Å². The lowest BCUT2D eigenvalue weighted by Crippen LogP contribution is -2.35. The molecule has 1 aliphatic carbocycles. The molecule has 1 fully saturated rings.